The van der Waals surface area contributed by atoms with Crippen LogP contribution < -0.4 is 5.32 Å². The first kappa shape index (κ1) is 23.6. The molecule has 2 unspecified atom stereocenters. The minimum atomic E-state index is -0.622. The van der Waals surface area contributed by atoms with Crippen LogP contribution in [-0.4, -0.2) is 42.3 Å². The Bertz CT molecular complexity index is 705. The number of halogens is 1. The van der Waals surface area contributed by atoms with Gasteiger partial charge in [0.15, 0.2) is 5.78 Å². The predicted molar refractivity (Wildman–Crippen MR) is 119 cm³/mol. The molecule has 0 amide bonds. The number of Topliss-reactive ketones (excluding diaryl/α,β-unsaturated/α-hetero) is 1. The van der Waals surface area contributed by atoms with E-state index in [2.05, 4.69) is 5.32 Å². The molecule has 0 spiro atoms. The Labute approximate surface area is 180 Å². The molecule has 0 aliphatic heterocycles. The maximum atomic E-state index is 12.9. The lowest BCUT2D eigenvalue weighted by molar-refractivity contribution is -0.00272. The predicted octanol–water partition coefficient (Wildman–Crippen LogP) is 4.20. The Morgan fingerprint density at radius 3 is 2.28 bits per heavy atom. The summed E-state index contributed by atoms with van der Waals surface area (Å²) in [6.45, 7) is 0.651. The summed E-state index contributed by atoms with van der Waals surface area (Å²) in [6, 6.07) is 19.6. The molecule has 4 nitrogen and oxygen atoms in total. The third-order valence-corrected chi connectivity index (χ3v) is 5.35. The molecule has 1 aliphatic carbocycles. The molecular formula is C24H32ClNO3. The van der Waals surface area contributed by atoms with Gasteiger partial charge in [0, 0.05) is 24.6 Å². The lowest BCUT2D eigenvalue weighted by Gasteiger charge is -2.25. The van der Waals surface area contributed by atoms with Crippen LogP contribution in [0.25, 0.3) is 0 Å². The number of hydrogen-bond donors (Lipinski definition) is 2. The van der Waals surface area contributed by atoms with Gasteiger partial charge in [0.2, 0.25) is 0 Å². The molecule has 1 saturated carbocycles. The summed E-state index contributed by atoms with van der Waals surface area (Å²) in [5.41, 5.74) is 1.69. The van der Waals surface area contributed by atoms with E-state index in [9.17, 15) is 9.90 Å². The number of aliphatic hydroxyl groups excluding tert-OH is 1. The minimum absolute atomic E-state index is 0. The van der Waals surface area contributed by atoms with Gasteiger partial charge in [-0.2, -0.15) is 0 Å². The van der Waals surface area contributed by atoms with Gasteiger partial charge in [-0.3, -0.25) is 4.79 Å². The highest BCUT2D eigenvalue weighted by Crippen LogP contribution is 2.17. The maximum absolute atomic E-state index is 12.9. The molecule has 2 N–H and O–H groups in total. The fourth-order valence-corrected chi connectivity index (χ4v) is 3.74. The quantitative estimate of drug-likeness (QED) is 0.569. The lowest BCUT2D eigenvalue weighted by Crippen LogP contribution is -2.40. The third-order valence-electron chi connectivity index (χ3n) is 5.35. The average Bonchev–Trinajstić information content (AvgIpc) is 2.76. The van der Waals surface area contributed by atoms with E-state index < -0.39 is 12.2 Å². The summed E-state index contributed by atoms with van der Waals surface area (Å²) >= 11 is 0. The molecule has 0 aromatic heterocycles. The standard InChI is InChI=1S/C24H31NO3.ClH/c26-22(17-25-21-14-8-3-9-15-21)18-28-23(16-19-10-4-1-5-11-19)24(27)20-12-6-2-7-13-20;/h1-2,4-7,10-13,21-23,25-26H,3,8-9,14-18H2;1H. The largest absolute Gasteiger partial charge is 0.389 e. The Balaban J connectivity index is 0.00000300. The van der Waals surface area contributed by atoms with Gasteiger partial charge in [-0.25, -0.2) is 0 Å². The van der Waals surface area contributed by atoms with Crippen molar-refractivity contribution in [2.24, 2.45) is 0 Å². The number of rotatable bonds is 10. The van der Waals surface area contributed by atoms with Crippen LogP contribution in [0.3, 0.4) is 0 Å². The number of ether oxygens (including phenoxy) is 1. The Morgan fingerprint density at radius 2 is 1.62 bits per heavy atom. The molecule has 158 valence electrons. The summed E-state index contributed by atoms with van der Waals surface area (Å²) in [5, 5.41) is 13.8. The van der Waals surface area contributed by atoms with E-state index in [1.807, 2.05) is 60.7 Å². The molecule has 2 aromatic carbocycles. The maximum Gasteiger partial charge on any atom is 0.191 e. The van der Waals surface area contributed by atoms with E-state index in [1.165, 1.54) is 32.1 Å². The van der Waals surface area contributed by atoms with Crippen LogP contribution in [0.15, 0.2) is 60.7 Å². The monoisotopic (exact) mass is 417 g/mol. The summed E-state index contributed by atoms with van der Waals surface area (Å²) in [5.74, 6) is -0.0445. The Hall–Kier alpha value is -1.72. The van der Waals surface area contributed by atoms with Crippen molar-refractivity contribution >= 4 is 18.2 Å². The van der Waals surface area contributed by atoms with Crippen LogP contribution >= 0.6 is 12.4 Å². The molecule has 0 bridgehead atoms. The summed E-state index contributed by atoms with van der Waals surface area (Å²) in [4.78, 5) is 12.9. The van der Waals surface area contributed by atoms with Crippen molar-refractivity contribution in [2.75, 3.05) is 13.2 Å². The molecule has 1 fully saturated rings. The number of ketones is 1. The molecule has 2 atom stereocenters. The first-order chi connectivity index (χ1) is 13.7. The van der Waals surface area contributed by atoms with Gasteiger partial charge in [0.1, 0.15) is 6.10 Å². The van der Waals surface area contributed by atoms with Crippen LogP contribution in [0, 0.1) is 0 Å². The van der Waals surface area contributed by atoms with Crippen molar-refractivity contribution < 1.29 is 14.6 Å². The van der Waals surface area contributed by atoms with E-state index >= 15 is 0 Å². The molecular weight excluding hydrogens is 386 g/mol. The molecule has 0 radical (unpaired) electrons. The zero-order valence-corrected chi connectivity index (χ0v) is 17.7. The first-order valence-electron chi connectivity index (χ1n) is 10.4. The minimum Gasteiger partial charge on any atom is -0.389 e. The van der Waals surface area contributed by atoms with Gasteiger partial charge in [-0.1, -0.05) is 79.9 Å². The van der Waals surface area contributed by atoms with E-state index in [4.69, 9.17) is 4.74 Å². The van der Waals surface area contributed by atoms with Gasteiger partial charge in [-0.15, -0.1) is 12.4 Å². The third kappa shape index (κ3) is 7.90. The van der Waals surface area contributed by atoms with Crippen molar-refractivity contribution in [3.63, 3.8) is 0 Å². The summed E-state index contributed by atoms with van der Waals surface area (Å²) < 4.78 is 5.92. The van der Waals surface area contributed by atoms with E-state index in [-0.39, 0.29) is 24.8 Å². The summed E-state index contributed by atoms with van der Waals surface area (Å²) in [7, 11) is 0. The highest BCUT2D eigenvalue weighted by Gasteiger charge is 2.23. The summed E-state index contributed by atoms with van der Waals surface area (Å²) in [6.07, 6.45) is 5.46. The van der Waals surface area contributed by atoms with Crippen LogP contribution in [0.2, 0.25) is 0 Å². The smallest absolute Gasteiger partial charge is 0.191 e. The van der Waals surface area contributed by atoms with Gasteiger partial charge >= 0.3 is 0 Å². The zero-order valence-electron chi connectivity index (χ0n) is 16.8. The molecule has 0 heterocycles. The second-order valence-electron chi connectivity index (χ2n) is 7.64. The van der Waals surface area contributed by atoms with Crippen LogP contribution in [0.5, 0.6) is 0 Å². The van der Waals surface area contributed by atoms with Crippen LogP contribution in [0.1, 0.15) is 48.0 Å². The topological polar surface area (TPSA) is 58.6 Å². The van der Waals surface area contributed by atoms with Gasteiger partial charge in [-0.05, 0) is 18.4 Å². The lowest BCUT2D eigenvalue weighted by atomic mass is 9.95. The normalized spacial score (nSPS) is 16.6. The number of benzene rings is 2. The molecule has 29 heavy (non-hydrogen) atoms. The van der Waals surface area contributed by atoms with Gasteiger partial charge in [0.25, 0.3) is 0 Å². The highest BCUT2D eigenvalue weighted by atomic mass is 35.5. The first-order valence-corrected chi connectivity index (χ1v) is 10.4. The molecule has 1 aliphatic rings. The molecule has 5 heteroatoms. The molecule has 3 rings (SSSR count). The SMILES string of the molecule is Cl.O=C(c1ccccc1)C(Cc1ccccc1)OCC(O)CNC1CCCCC1. The highest BCUT2D eigenvalue weighted by molar-refractivity contribution is 5.99. The van der Waals surface area contributed by atoms with E-state index in [1.54, 1.807) is 0 Å². The second kappa shape index (κ2) is 12.8. The van der Waals surface area contributed by atoms with Crippen LogP contribution in [0.4, 0.5) is 0 Å². The van der Waals surface area contributed by atoms with Crippen molar-refractivity contribution in [3.8, 4) is 0 Å². The van der Waals surface area contributed by atoms with Gasteiger partial charge < -0.3 is 15.2 Å². The van der Waals surface area contributed by atoms with E-state index in [0.717, 1.165) is 5.56 Å². The number of nitrogens with one attached hydrogen (secondary N) is 1. The van der Waals surface area contributed by atoms with Crippen molar-refractivity contribution in [1.82, 2.24) is 5.32 Å². The number of carbonyl (C=O) groups excluding carboxylic acids is 1. The Morgan fingerprint density at radius 1 is 1.00 bits per heavy atom. The molecule has 0 saturated heterocycles. The number of aliphatic hydroxyl groups is 1. The number of hydrogen-bond acceptors (Lipinski definition) is 4. The van der Waals surface area contributed by atoms with E-state index in [0.29, 0.717) is 24.6 Å². The fourth-order valence-electron chi connectivity index (χ4n) is 3.74. The average molecular weight is 418 g/mol. The second-order valence-corrected chi connectivity index (χ2v) is 7.64. The Kier molecular flexibility index (Phi) is 10.4. The zero-order chi connectivity index (χ0) is 19.6. The van der Waals surface area contributed by atoms with Crippen molar-refractivity contribution in [2.45, 2.75) is 56.8 Å². The molecule has 2 aromatic rings. The van der Waals surface area contributed by atoms with Crippen LogP contribution in [-0.2, 0) is 11.2 Å². The number of carbonyl (C=O) groups is 1. The van der Waals surface area contributed by atoms with Crippen molar-refractivity contribution in [1.29, 1.82) is 0 Å². The van der Waals surface area contributed by atoms with Crippen molar-refractivity contribution in [3.05, 3.63) is 71.8 Å². The van der Waals surface area contributed by atoms with Gasteiger partial charge in [0.05, 0.1) is 12.7 Å². The fraction of sp³-hybridized carbons (Fsp3) is 0.458.